The van der Waals surface area contributed by atoms with Crippen LogP contribution in [-0.4, -0.2) is 24.2 Å². The molecule has 2 N–H and O–H groups in total. The summed E-state index contributed by atoms with van der Waals surface area (Å²) >= 11 is 0. The van der Waals surface area contributed by atoms with E-state index < -0.39 is 0 Å². The number of hydrogen-bond acceptors (Lipinski definition) is 3. The van der Waals surface area contributed by atoms with Gasteiger partial charge in [0.05, 0.1) is 12.2 Å². The average molecular weight is 446 g/mol. The predicted octanol–water partition coefficient (Wildman–Crippen LogP) is 3.66. The molecule has 0 atom stereocenters. The van der Waals surface area contributed by atoms with Crippen LogP contribution < -0.4 is 10.6 Å². The Balaban J connectivity index is 0.00000208. The molecule has 6 heteroatoms. The lowest BCUT2D eigenvalue weighted by Gasteiger charge is -2.18. The second-order valence-corrected chi connectivity index (χ2v) is 6.92. The summed E-state index contributed by atoms with van der Waals surface area (Å²) in [6, 6.07) is 0. The molecule has 0 amide bonds. The molecule has 2 fully saturated rings. The Bertz CT molecular complexity index is 540. The highest BCUT2D eigenvalue weighted by molar-refractivity contribution is 14.0. The molecule has 1 heterocycles. The van der Waals surface area contributed by atoms with E-state index >= 15 is 0 Å². The van der Waals surface area contributed by atoms with Gasteiger partial charge in [0, 0.05) is 25.1 Å². The lowest BCUT2D eigenvalue weighted by Crippen LogP contribution is -2.40. The Kier molecular flexibility index (Phi) is 6.95. The van der Waals surface area contributed by atoms with Gasteiger partial charge in [-0.25, -0.2) is 4.99 Å². The molecular formula is C18H31IN4O. The Morgan fingerprint density at radius 1 is 1.21 bits per heavy atom. The van der Waals surface area contributed by atoms with E-state index in [1.165, 1.54) is 25.7 Å². The number of hydrogen-bond donors (Lipinski definition) is 2. The van der Waals surface area contributed by atoms with E-state index in [0.717, 1.165) is 54.8 Å². The lowest BCUT2D eigenvalue weighted by atomic mass is 10.0. The Hall–Kier alpha value is -0.790. The summed E-state index contributed by atoms with van der Waals surface area (Å²) < 4.78 is 5.43. The van der Waals surface area contributed by atoms with Crippen molar-refractivity contribution in [1.82, 2.24) is 15.8 Å². The van der Waals surface area contributed by atoms with E-state index in [9.17, 15) is 0 Å². The van der Waals surface area contributed by atoms with Crippen LogP contribution in [0.3, 0.4) is 0 Å². The van der Waals surface area contributed by atoms with E-state index in [4.69, 9.17) is 9.52 Å². The number of rotatable bonds is 8. The molecule has 0 spiro atoms. The van der Waals surface area contributed by atoms with E-state index in [1.807, 2.05) is 0 Å². The zero-order valence-electron chi connectivity index (χ0n) is 15.2. The summed E-state index contributed by atoms with van der Waals surface area (Å²) in [5.74, 6) is 2.86. The molecule has 0 radical (unpaired) electrons. The molecule has 2 aliphatic rings. The van der Waals surface area contributed by atoms with Crippen LogP contribution in [0.25, 0.3) is 0 Å². The first kappa shape index (κ1) is 19.5. The number of nitrogens with zero attached hydrogens (tertiary/aromatic N) is 2. The summed E-state index contributed by atoms with van der Waals surface area (Å²) in [5, 5.41) is 11.1. The summed E-state index contributed by atoms with van der Waals surface area (Å²) in [7, 11) is 0. The second-order valence-electron chi connectivity index (χ2n) is 6.92. The number of halogens is 1. The van der Waals surface area contributed by atoms with Crippen molar-refractivity contribution in [2.24, 2.45) is 16.3 Å². The highest BCUT2D eigenvalue weighted by atomic mass is 127. The highest BCUT2D eigenvalue weighted by Gasteiger charge is 2.53. The Labute approximate surface area is 162 Å². The Morgan fingerprint density at radius 3 is 2.50 bits per heavy atom. The van der Waals surface area contributed by atoms with E-state index in [2.05, 4.69) is 36.6 Å². The van der Waals surface area contributed by atoms with Crippen molar-refractivity contribution in [3.8, 4) is 0 Å². The predicted molar refractivity (Wildman–Crippen MR) is 108 cm³/mol. The summed E-state index contributed by atoms with van der Waals surface area (Å²) in [5.41, 5.74) is 2.78. The van der Waals surface area contributed by atoms with Crippen molar-refractivity contribution >= 4 is 29.9 Å². The van der Waals surface area contributed by atoms with Gasteiger partial charge < -0.3 is 15.2 Å². The standard InChI is InChI=1S/C18H30N4O.HI/c1-4-15-14(16(5-2)23-22-15)11-20-17(19-6-3)21-12-18(9-10-18)13-7-8-13;/h13H,4-12H2,1-3H3,(H2,19,20,21);1H. The van der Waals surface area contributed by atoms with Crippen LogP contribution in [0.4, 0.5) is 0 Å². The molecule has 0 saturated heterocycles. The largest absolute Gasteiger partial charge is 0.361 e. The van der Waals surface area contributed by atoms with Gasteiger partial charge in [-0.2, -0.15) is 0 Å². The van der Waals surface area contributed by atoms with E-state index in [1.54, 1.807) is 0 Å². The molecule has 2 aliphatic carbocycles. The smallest absolute Gasteiger partial charge is 0.191 e. The molecule has 0 bridgehead atoms. The van der Waals surface area contributed by atoms with Crippen molar-refractivity contribution in [2.45, 2.75) is 65.8 Å². The molecule has 0 unspecified atom stereocenters. The zero-order valence-corrected chi connectivity index (χ0v) is 17.5. The zero-order chi connectivity index (χ0) is 16.3. The first-order valence-electron chi connectivity index (χ1n) is 9.21. The monoisotopic (exact) mass is 446 g/mol. The highest BCUT2D eigenvalue weighted by Crippen LogP contribution is 2.60. The normalized spacial score (nSPS) is 18.9. The lowest BCUT2D eigenvalue weighted by molar-refractivity contribution is 0.380. The molecule has 2 saturated carbocycles. The number of guanidine groups is 1. The van der Waals surface area contributed by atoms with E-state index in [-0.39, 0.29) is 24.0 Å². The average Bonchev–Trinajstić information content (AvgIpc) is 3.46. The minimum Gasteiger partial charge on any atom is -0.361 e. The fraction of sp³-hybridized carbons (Fsp3) is 0.778. The van der Waals surface area contributed by atoms with Gasteiger partial charge in [0.15, 0.2) is 5.96 Å². The van der Waals surface area contributed by atoms with Gasteiger partial charge in [0.25, 0.3) is 0 Å². The van der Waals surface area contributed by atoms with Crippen LogP contribution in [0.15, 0.2) is 9.52 Å². The summed E-state index contributed by atoms with van der Waals surface area (Å²) in [4.78, 5) is 4.78. The maximum atomic E-state index is 5.43. The maximum Gasteiger partial charge on any atom is 0.191 e. The fourth-order valence-corrected chi connectivity index (χ4v) is 3.46. The van der Waals surface area contributed by atoms with Gasteiger partial charge in [-0.3, -0.25) is 0 Å². The fourth-order valence-electron chi connectivity index (χ4n) is 3.46. The van der Waals surface area contributed by atoms with E-state index in [0.29, 0.717) is 12.0 Å². The number of aromatic nitrogens is 1. The van der Waals surface area contributed by atoms with Crippen LogP contribution in [-0.2, 0) is 19.4 Å². The number of nitrogens with one attached hydrogen (secondary N) is 2. The van der Waals surface area contributed by atoms with Crippen molar-refractivity contribution < 1.29 is 4.52 Å². The van der Waals surface area contributed by atoms with Crippen LogP contribution in [0.2, 0.25) is 0 Å². The van der Waals surface area contributed by atoms with Crippen LogP contribution >= 0.6 is 24.0 Å². The topological polar surface area (TPSA) is 62.5 Å². The van der Waals surface area contributed by atoms with Gasteiger partial charge >= 0.3 is 0 Å². The summed E-state index contributed by atoms with van der Waals surface area (Å²) in [6.45, 7) is 8.91. The third-order valence-electron chi connectivity index (χ3n) is 5.29. The van der Waals surface area contributed by atoms with Gasteiger partial charge in [-0.05, 0) is 50.4 Å². The van der Waals surface area contributed by atoms with Crippen molar-refractivity contribution in [3.63, 3.8) is 0 Å². The van der Waals surface area contributed by atoms with Crippen molar-refractivity contribution in [3.05, 3.63) is 17.0 Å². The van der Waals surface area contributed by atoms with Crippen LogP contribution in [0, 0.1) is 11.3 Å². The third kappa shape index (κ3) is 4.43. The van der Waals surface area contributed by atoms with Gasteiger partial charge in [0.2, 0.25) is 0 Å². The SMILES string of the molecule is CCNC(=NCc1c(CC)noc1CC)NCC1(C2CC2)CC1.I. The maximum absolute atomic E-state index is 5.43. The van der Waals surface area contributed by atoms with Crippen molar-refractivity contribution in [2.75, 3.05) is 13.1 Å². The molecule has 0 aromatic carbocycles. The van der Waals surface area contributed by atoms with Gasteiger partial charge in [-0.15, -0.1) is 24.0 Å². The minimum absolute atomic E-state index is 0. The molecular weight excluding hydrogens is 415 g/mol. The first-order chi connectivity index (χ1) is 11.2. The molecule has 3 rings (SSSR count). The van der Waals surface area contributed by atoms with Crippen LogP contribution in [0.5, 0.6) is 0 Å². The first-order valence-corrected chi connectivity index (χ1v) is 9.21. The second kappa shape index (κ2) is 8.54. The molecule has 24 heavy (non-hydrogen) atoms. The molecule has 1 aromatic heterocycles. The number of aliphatic imine (C=N–C) groups is 1. The van der Waals surface area contributed by atoms with Crippen LogP contribution in [0.1, 0.15) is 63.5 Å². The van der Waals surface area contributed by atoms with Gasteiger partial charge in [-0.1, -0.05) is 19.0 Å². The molecule has 5 nitrogen and oxygen atoms in total. The molecule has 0 aliphatic heterocycles. The van der Waals surface area contributed by atoms with Gasteiger partial charge in [0.1, 0.15) is 5.76 Å². The minimum atomic E-state index is 0. The quantitative estimate of drug-likeness (QED) is 0.364. The number of aryl methyl sites for hydroxylation is 2. The van der Waals surface area contributed by atoms with Crippen molar-refractivity contribution in [1.29, 1.82) is 0 Å². The Morgan fingerprint density at radius 2 is 1.96 bits per heavy atom. The third-order valence-corrected chi connectivity index (χ3v) is 5.29. The molecule has 136 valence electrons. The summed E-state index contributed by atoms with van der Waals surface area (Å²) in [6.07, 6.45) is 7.38. The molecule has 1 aromatic rings.